The number of carbonyl (C=O) groups is 2. The number of rotatable bonds is 7. The molecule has 2 aromatic rings. The monoisotopic (exact) mass is 452 g/mol. The van der Waals surface area contributed by atoms with Crippen LogP contribution in [0.1, 0.15) is 18.4 Å². The molecule has 1 aliphatic heterocycles. The highest BCUT2D eigenvalue weighted by molar-refractivity contribution is 8.26. The minimum Gasteiger partial charge on any atom is -0.493 e. The Kier molecular flexibility index (Phi) is 6.61. The lowest BCUT2D eigenvalue weighted by molar-refractivity contribution is -0.137. The van der Waals surface area contributed by atoms with E-state index in [4.69, 9.17) is 38.4 Å². The molecule has 1 N–H and O–H groups in total. The van der Waals surface area contributed by atoms with E-state index in [-0.39, 0.29) is 24.0 Å². The van der Waals surface area contributed by atoms with Crippen molar-refractivity contribution in [2.45, 2.75) is 12.8 Å². The van der Waals surface area contributed by atoms with Gasteiger partial charge >= 0.3 is 5.97 Å². The van der Waals surface area contributed by atoms with Crippen LogP contribution in [0.4, 0.5) is 0 Å². The molecule has 1 aromatic heterocycles. The SMILES string of the molecule is COc1cc2cc(C=C3SC(=S)N(CCCC(=O)O)C3=O)c(Cl)nc2cc1OC. The molecule has 1 saturated heterocycles. The van der Waals surface area contributed by atoms with E-state index in [1.165, 1.54) is 12.0 Å². The molecular weight excluding hydrogens is 436 g/mol. The number of methoxy groups -OCH3 is 2. The fourth-order valence-corrected chi connectivity index (χ4v) is 4.32. The van der Waals surface area contributed by atoms with Crippen LogP contribution >= 0.6 is 35.6 Å². The van der Waals surface area contributed by atoms with Crippen molar-refractivity contribution in [3.8, 4) is 11.5 Å². The maximum absolute atomic E-state index is 12.7. The Morgan fingerprint density at radius 2 is 2.00 bits per heavy atom. The highest BCUT2D eigenvalue weighted by Crippen LogP contribution is 2.36. The van der Waals surface area contributed by atoms with Crippen molar-refractivity contribution < 1.29 is 24.2 Å². The van der Waals surface area contributed by atoms with Gasteiger partial charge in [0.1, 0.15) is 9.47 Å². The van der Waals surface area contributed by atoms with Gasteiger partial charge < -0.3 is 14.6 Å². The maximum atomic E-state index is 12.7. The number of aromatic nitrogens is 1. The van der Waals surface area contributed by atoms with Crippen molar-refractivity contribution in [3.05, 3.63) is 33.8 Å². The number of pyridine rings is 1. The molecule has 10 heteroatoms. The third kappa shape index (κ3) is 4.63. The number of amides is 1. The van der Waals surface area contributed by atoms with Crippen molar-refractivity contribution in [1.29, 1.82) is 0 Å². The second-order valence-corrected chi connectivity index (χ2v) is 8.13. The summed E-state index contributed by atoms with van der Waals surface area (Å²) in [4.78, 5) is 29.5. The van der Waals surface area contributed by atoms with Gasteiger partial charge in [0.15, 0.2) is 11.5 Å². The first-order valence-electron chi connectivity index (χ1n) is 8.53. The van der Waals surface area contributed by atoms with Crippen LogP contribution in [0, 0.1) is 0 Å². The summed E-state index contributed by atoms with van der Waals surface area (Å²) in [6, 6.07) is 5.32. The summed E-state index contributed by atoms with van der Waals surface area (Å²) in [5.41, 5.74) is 1.20. The summed E-state index contributed by atoms with van der Waals surface area (Å²) in [6.07, 6.45) is 1.94. The molecule has 0 radical (unpaired) electrons. The number of hydrogen-bond donors (Lipinski definition) is 1. The third-order valence-electron chi connectivity index (χ3n) is 4.23. The van der Waals surface area contributed by atoms with E-state index in [2.05, 4.69) is 4.98 Å². The molecule has 3 rings (SSSR count). The number of benzene rings is 1. The van der Waals surface area contributed by atoms with E-state index in [1.807, 2.05) is 6.07 Å². The fourth-order valence-electron chi connectivity index (χ4n) is 2.82. The van der Waals surface area contributed by atoms with Gasteiger partial charge in [-0.2, -0.15) is 0 Å². The standard InChI is InChI=1S/C19H17ClN2O5S2/c1-26-13-7-10-6-11(17(20)21-12(10)9-14(13)27-2)8-15-18(25)22(19(28)29-15)5-3-4-16(23)24/h6-9H,3-5H2,1-2H3,(H,23,24). The lowest BCUT2D eigenvalue weighted by Crippen LogP contribution is -2.29. The Morgan fingerprint density at radius 3 is 2.66 bits per heavy atom. The van der Waals surface area contributed by atoms with Crippen LogP contribution in [0.3, 0.4) is 0 Å². The summed E-state index contributed by atoms with van der Waals surface area (Å²) in [6.45, 7) is 0.259. The molecule has 0 saturated carbocycles. The fraction of sp³-hybridized carbons (Fsp3) is 0.263. The molecule has 1 fully saturated rings. The molecule has 2 heterocycles. The number of carboxylic acid groups (broad SMARTS) is 1. The molecule has 1 aliphatic rings. The Hall–Kier alpha value is -2.36. The van der Waals surface area contributed by atoms with Crippen LogP contribution in [0.15, 0.2) is 23.1 Å². The minimum absolute atomic E-state index is 0.0260. The zero-order valence-electron chi connectivity index (χ0n) is 15.6. The second-order valence-electron chi connectivity index (χ2n) is 6.10. The van der Waals surface area contributed by atoms with E-state index >= 15 is 0 Å². The first kappa shape index (κ1) is 21.4. The number of carbonyl (C=O) groups excluding carboxylic acids is 1. The average Bonchev–Trinajstić information content (AvgIpc) is 2.94. The zero-order valence-corrected chi connectivity index (χ0v) is 18.0. The maximum Gasteiger partial charge on any atom is 0.303 e. The molecular formula is C19H17ClN2O5S2. The summed E-state index contributed by atoms with van der Waals surface area (Å²) < 4.78 is 11.0. The molecule has 0 atom stereocenters. The van der Waals surface area contributed by atoms with Gasteiger partial charge in [0.2, 0.25) is 0 Å². The molecule has 1 aromatic carbocycles. The van der Waals surface area contributed by atoms with Gasteiger partial charge in [-0.3, -0.25) is 14.5 Å². The highest BCUT2D eigenvalue weighted by atomic mass is 35.5. The highest BCUT2D eigenvalue weighted by Gasteiger charge is 2.31. The summed E-state index contributed by atoms with van der Waals surface area (Å²) in [5.74, 6) is -0.0840. The summed E-state index contributed by atoms with van der Waals surface area (Å²) in [7, 11) is 3.09. The zero-order chi connectivity index (χ0) is 21.1. The quantitative estimate of drug-likeness (QED) is 0.383. The van der Waals surface area contributed by atoms with Crippen LogP contribution in [-0.4, -0.2) is 52.0 Å². The molecule has 1 amide bonds. The lowest BCUT2D eigenvalue weighted by atomic mass is 10.1. The van der Waals surface area contributed by atoms with Gasteiger partial charge in [-0.15, -0.1) is 0 Å². The second kappa shape index (κ2) is 8.98. The van der Waals surface area contributed by atoms with Crippen molar-refractivity contribution in [3.63, 3.8) is 0 Å². The van der Waals surface area contributed by atoms with Crippen LogP contribution in [0.25, 0.3) is 17.0 Å². The first-order valence-corrected chi connectivity index (χ1v) is 10.1. The van der Waals surface area contributed by atoms with E-state index in [0.717, 1.165) is 17.1 Å². The average molecular weight is 453 g/mol. The van der Waals surface area contributed by atoms with Gasteiger partial charge in [-0.1, -0.05) is 35.6 Å². The number of hydrogen-bond acceptors (Lipinski definition) is 7. The number of thiocarbonyl (C=S) groups is 1. The van der Waals surface area contributed by atoms with Crippen LogP contribution in [0.2, 0.25) is 5.15 Å². The lowest BCUT2D eigenvalue weighted by Gasteiger charge is -2.13. The molecule has 0 spiro atoms. The normalized spacial score (nSPS) is 15.4. The van der Waals surface area contributed by atoms with E-state index in [9.17, 15) is 9.59 Å². The first-order chi connectivity index (χ1) is 13.8. The Balaban J connectivity index is 1.91. The summed E-state index contributed by atoms with van der Waals surface area (Å²) in [5, 5.41) is 9.77. The van der Waals surface area contributed by atoms with E-state index in [0.29, 0.717) is 38.2 Å². The predicted molar refractivity (Wildman–Crippen MR) is 117 cm³/mol. The van der Waals surface area contributed by atoms with Crippen molar-refractivity contribution >= 4 is 68.8 Å². The number of aliphatic carboxylic acids is 1. The smallest absolute Gasteiger partial charge is 0.303 e. The van der Waals surface area contributed by atoms with E-state index < -0.39 is 5.97 Å². The molecule has 29 heavy (non-hydrogen) atoms. The van der Waals surface area contributed by atoms with Crippen molar-refractivity contribution in [2.75, 3.05) is 20.8 Å². The largest absolute Gasteiger partial charge is 0.493 e. The third-order valence-corrected chi connectivity index (χ3v) is 5.91. The molecule has 152 valence electrons. The molecule has 0 bridgehead atoms. The van der Waals surface area contributed by atoms with Crippen molar-refractivity contribution in [1.82, 2.24) is 9.88 Å². The Bertz CT molecular complexity index is 1040. The van der Waals surface area contributed by atoms with E-state index in [1.54, 1.807) is 25.3 Å². The molecule has 7 nitrogen and oxygen atoms in total. The van der Waals surface area contributed by atoms with Crippen molar-refractivity contribution in [2.24, 2.45) is 0 Å². The summed E-state index contributed by atoms with van der Waals surface area (Å²) >= 11 is 12.7. The van der Waals surface area contributed by atoms with Crippen LogP contribution < -0.4 is 9.47 Å². The minimum atomic E-state index is -0.910. The van der Waals surface area contributed by atoms with Gasteiger partial charge in [-0.25, -0.2) is 4.98 Å². The van der Waals surface area contributed by atoms with Gasteiger partial charge in [0.05, 0.1) is 24.6 Å². The number of carboxylic acids is 1. The molecule has 0 aliphatic carbocycles. The Labute approximate surface area is 181 Å². The van der Waals surface area contributed by atoms with Crippen LogP contribution in [-0.2, 0) is 9.59 Å². The van der Waals surface area contributed by atoms with Gasteiger partial charge in [0, 0.05) is 30.0 Å². The van der Waals surface area contributed by atoms with Crippen LogP contribution in [0.5, 0.6) is 11.5 Å². The number of ether oxygens (including phenoxy) is 2. The topological polar surface area (TPSA) is 89.0 Å². The number of halogens is 1. The van der Waals surface area contributed by atoms with Gasteiger partial charge in [-0.05, 0) is 24.6 Å². The number of nitrogens with zero attached hydrogens (tertiary/aromatic N) is 2. The predicted octanol–water partition coefficient (Wildman–Crippen LogP) is 3.97. The molecule has 0 unspecified atom stereocenters. The number of fused-ring (bicyclic) bond motifs is 1. The Morgan fingerprint density at radius 1 is 1.31 bits per heavy atom. The van der Waals surface area contributed by atoms with Gasteiger partial charge in [0.25, 0.3) is 5.91 Å². The number of thioether (sulfide) groups is 1.